The molecule has 0 saturated carbocycles. The fourth-order valence-electron chi connectivity index (χ4n) is 0. The molecule has 22 valence electrons. The Hall–Kier alpha value is 3.15. The van der Waals surface area contributed by atoms with Crippen LogP contribution in [0.25, 0.3) is 0 Å². The van der Waals surface area contributed by atoms with Gasteiger partial charge in [-0.2, -0.15) is 0 Å². The molecule has 0 bridgehead atoms. The van der Waals surface area contributed by atoms with E-state index in [0.29, 0.717) is 0 Å². The van der Waals surface area contributed by atoms with Crippen LogP contribution >= 0.6 is 0 Å². The Kier molecular flexibility index (Phi) is 112. The molecule has 0 aliphatic heterocycles. The van der Waals surface area contributed by atoms with Crippen molar-refractivity contribution in [3.05, 3.63) is 0 Å². The Morgan fingerprint density at radius 3 is 1.00 bits per heavy atom. The Bertz CT molecular complexity index is 8.00. The summed E-state index contributed by atoms with van der Waals surface area (Å²) in [6.07, 6.45) is 0. The number of rotatable bonds is 0. The van der Waals surface area contributed by atoms with Gasteiger partial charge in [-0.05, 0) is 11.0 Å². The first-order chi connectivity index (χ1) is 0. The Morgan fingerprint density at radius 2 is 1.00 bits per heavy atom. The normalized spacial score (nSPS) is 0. The SMILES string of the molecule is [Hg].[SeH2].[SiH4].[SrH2]. The van der Waals surface area contributed by atoms with E-state index in [9.17, 15) is 0 Å². The van der Waals surface area contributed by atoms with Gasteiger partial charge in [-0.25, -0.2) is 0 Å². The van der Waals surface area contributed by atoms with E-state index in [0.717, 1.165) is 0 Å². The zero-order valence-electron chi connectivity index (χ0n) is 1.21. The molecule has 0 fully saturated rings. The fourth-order valence-corrected chi connectivity index (χ4v) is 0. The van der Waals surface area contributed by atoms with Crippen LogP contribution < -0.4 is 0 Å². The number of hydrogen-bond acceptors (Lipinski definition) is 0. The summed E-state index contributed by atoms with van der Waals surface area (Å²) in [6.45, 7) is 0. The maximum absolute atomic E-state index is 0. The summed E-state index contributed by atoms with van der Waals surface area (Å²) in [5, 5.41) is 0. The molecular formula is H8HgSeSiSr. The van der Waals surface area contributed by atoms with Gasteiger partial charge in [0.15, 0.2) is 0 Å². The Balaban J connectivity index is 0. The molecule has 0 amide bonds. The van der Waals surface area contributed by atoms with Gasteiger partial charge in [0, 0.05) is 27.7 Å². The quantitative estimate of drug-likeness (QED) is 0.372. The second-order valence-electron chi connectivity index (χ2n) is 0. The molecular weight excluding hydrogens is 395 g/mol. The van der Waals surface area contributed by atoms with Crippen molar-refractivity contribution in [1.29, 1.82) is 0 Å². The second kappa shape index (κ2) is 16.4. The predicted octanol–water partition coefficient (Wildman–Crippen LogP) is -3.29. The molecule has 0 nitrogen and oxygen atoms in total. The van der Waals surface area contributed by atoms with Crippen molar-refractivity contribution in [2.24, 2.45) is 0 Å². The third-order valence-corrected chi connectivity index (χ3v) is 0. The third-order valence-electron chi connectivity index (χ3n) is 0. The van der Waals surface area contributed by atoms with Crippen molar-refractivity contribution in [3.63, 3.8) is 0 Å². The monoisotopic (exact) mass is 406 g/mol. The molecule has 0 N–H and O–H groups in total. The van der Waals surface area contributed by atoms with Crippen molar-refractivity contribution in [1.82, 2.24) is 0 Å². The van der Waals surface area contributed by atoms with Gasteiger partial charge in [0.1, 0.15) is 0 Å². The van der Waals surface area contributed by atoms with Crippen LogP contribution in [0.1, 0.15) is 0 Å². The van der Waals surface area contributed by atoms with Gasteiger partial charge in [0.25, 0.3) is 0 Å². The topological polar surface area (TPSA) is 0 Å². The van der Waals surface area contributed by atoms with Crippen molar-refractivity contribution >= 4 is 73.5 Å². The van der Waals surface area contributed by atoms with Crippen LogP contribution in [-0.2, 0) is 27.7 Å². The first-order valence-corrected chi connectivity index (χ1v) is 0. The van der Waals surface area contributed by atoms with Crippen LogP contribution in [-0.4, -0.2) is 73.5 Å². The molecule has 0 saturated heterocycles. The van der Waals surface area contributed by atoms with E-state index >= 15 is 0 Å². The minimum atomic E-state index is 0. The van der Waals surface area contributed by atoms with Crippen LogP contribution in [0.2, 0.25) is 0 Å². The fraction of sp³-hybridized carbons (Fsp3) is 0. The van der Waals surface area contributed by atoms with E-state index in [-0.39, 0.29) is 101 Å². The average Bonchev–Trinajstić information content (AvgIpc) is 0. The number of hydrogen-bond donors (Lipinski definition) is 0. The summed E-state index contributed by atoms with van der Waals surface area (Å²) >= 11 is 0. The van der Waals surface area contributed by atoms with E-state index in [1.807, 2.05) is 0 Å². The molecule has 0 aromatic carbocycles. The second-order valence-corrected chi connectivity index (χ2v) is 0. The molecule has 0 atom stereocenters. The minimum absolute atomic E-state index is 0. The molecule has 0 rings (SSSR count). The van der Waals surface area contributed by atoms with Gasteiger partial charge in [-0.15, -0.1) is 0 Å². The summed E-state index contributed by atoms with van der Waals surface area (Å²) in [4.78, 5) is 0. The molecule has 4 heteroatoms. The third kappa shape index (κ3) is 8.94. The van der Waals surface area contributed by atoms with Crippen LogP contribution in [0, 0.1) is 0 Å². The molecule has 0 aromatic rings. The first kappa shape index (κ1) is 27.2. The summed E-state index contributed by atoms with van der Waals surface area (Å²) in [5.41, 5.74) is 0. The van der Waals surface area contributed by atoms with E-state index in [1.54, 1.807) is 0 Å². The van der Waals surface area contributed by atoms with E-state index in [4.69, 9.17) is 0 Å². The average molecular weight is 403 g/mol. The molecule has 4 heavy (non-hydrogen) atoms. The molecule has 0 radical (unpaired) electrons. The molecule has 0 aromatic heterocycles. The van der Waals surface area contributed by atoms with Gasteiger partial charge in [0.05, 0.1) is 0 Å². The summed E-state index contributed by atoms with van der Waals surface area (Å²) in [7, 11) is 0. The summed E-state index contributed by atoms with van der Waals surface area (Å²) in [6, 6.07) is 0. The van der Waals surface area contributed by atoms with E-state index in [1.165, 1.54) is 0 Å². The Morgan fingerprint density at radius 1 is 1.00 bits per heavy atom. The zero-order valence-corrected chi connectivity index (χ0v) is 8.80. The van der Waals surface area contributed by atoms with Gasteiger partial charge >= 0.3 is 62.6 Å². The van der Waals surface area contributed by atoms with E-state index < -0.39 is 0 Å². The predicted molar refractivity (Wildman–Crippen MR) is 28.4 cm³/mol. The van der Waals surface area contributed by atoms with Crippen LogP contribution in [0.5, 0.6) is 0 Å². The van der Waals surface area contributed by atoms with E-state index in [2.05, 4.69) is 0 Å². The standard InChI is InChI=1S/Hg.H2Se.H4Si.Sr.2H/h;1H2;1H4;;;. The van der Waals surface area contributed by atoms with Crippen LogP contribution in [0.4, 0.5) is 0 Å². The van der Waals surface area contributed by atoms with Gasteiger partial charge in [0.2, 0.25) is 0 Å². The molecule has 0 heterocycles. The summed E-state index contributed by atoms with van der Waals surface area (Å²) < 4.78 is 0. The van der Waals surface area contributed by atoms with Gasteiger partial charge < -0.3 is 0 Å². The summed E-state index contributed by atoms with van der Waals surface area (Å²) in [5.74, 6) is 0. The zero-order chi connectivity index (χ0) is 0. The van der Waals surface area contributed by atoms with Gasteiger partial charge in [-0.3, -0.25) is 0 Å². The van der Waals surface area contributed by atoms with Crippen molar-refractivity contribution in [2.45, 2.75) is 0 Å². The van der Waals surface area contributed by atoms with Crippen molar-refractivity contribution in [2.75, 3.05) is 0 Å². The maximum atomic E-state index is 0. The van der Waals surface area contributed by atoms with Gasteiger partial charge in [-0.1, -0.05) is 0 Å². The van der Waals surface area contributed by atoms with Crippen LogP contribution in [0.15, 0.2) is 0 Å². The van der Waals surface area contributed by atoms with Crippen molar-refractivity contribution in [3.8, 4) is 0 Å². The molecule has 0 aliphatic rings. The first-order valence-electron chi connectivity index (χ1n) is 0. The molecule has 0 spiro atoms. The Labute approximate surface area is 98.8 Å². The van der Waals surface area contributed by atoms with Crippen LogP contribution in [0.3, 0.4) is 0 Å². The molecule has 0 aliphatic carbocycles. The van der Waals surface area contributed by atoms with Crippen molar-refractivity contribution < 1.29 is 27.7 Å². The molecule has 0 unspecified atom stereocenters.